The van der Waals surface area contributed by atoms with Crippen LogP contribution in [0.15, 0.2) is 27.3 Å². The van der Waals surface area contributed by atoms with Gasteiger partial charge in [0.2, 0.25) is 0 Å². The van der Waals surface area contributed by atoms with Gasteiger partial charge in [0.1, 0.15) is 16.2 Å². The van der Waals surface area contributed by atoms with Crippen LogP contribution in [0, 0.1) is 0 Å². The Hall–Kier alpha value is -2.46. The number of hydrogen-bond acceptors (Lipinski definition) is 7. The molecule has 0 aliphatic heterocycles. The van der Waals surface area contributed by atoms with Crippen molar-refractivity contribution in [1.29, 1.82) is 0 Å². The molecule has 0 fully saturated rings. The van der Waals surface area contributed by atoms with Crippen LogP contribution in [-0.2, 0) is 33.5 Å². The molecule has 0 unspecified atom stereocenters. The third-order valence-corrected chi connectivity index (χ3v) is 7.96. The number of thioether (sulfide) groups is 1. The van der Waals surface area contributed by atoms with E-state index in [0.29, 0.717) is 24.1 Å². The summed E-state index contributed by atoms with van der Waals surface area (Å²) in [5.74, 6) is 0.774. The molecule has 4 aromatic rings. The number of aromatic nitrogens is 6. The van der Waals surface area contributed by atoms with Crippen LogP contribution in [0.2, 0.25) is 0 Å². The average Bonchev–Trinajstić information content (AvgIpc) is 3.32. The quantitative estimate of drug-likeness (QED) is 0.268. The zero-order chi connectivity index (χ0) is 20.8. The van der Waals surface area contributed by atoms with Crippen molar-refractivity contribution in [3.8, 4) is 0 Å². The molecule has 1 aliphatic rings. The molecule has 0 N–H and O–H groups in total. The molecule has 156 valence electrons. The first-order valence-electron chi connectivity index (χ1n) is 10.0. The van der Waals surface area contributed by atoms with Gasteiger partial charge in [-0.05, 0) is 37.7 Å². The maximum atomic E-state index is 12.8. The third-order valence-electron chi connectivity index (χ3n) is 5.68. The van der Waals surface area contributed by atoms with E-state index in [9.17, 15) is 9.59 Å². The van der Waals surface area contributed by atoms with Crippen LogP contribution in [-0.4, -0.2) is 34.4 Å². The summed E-state index contributed by atoms with van der Waals surface area (Å²) in [6, 6.07) is 0. The molecule has 30 heavy (non-hydrogen) atoms. The highest BCUT2D eigenvalue weighted by Gasteiger charge is 2.20. The van der Waals surface area contributed by atoms with Gasteiger partial charge in [0.25, 0.3) is 5.56 Å². The highest BCUT2D eigenvalue weighted by Crippen LogP contribution is 2.39. The Bertz CT molecular complexity index is 1380. The van der Waals surface area contributed by atoms with Crippen LogP contribution in [0.3, 0.4) is 0 Å². The summed E-state index contributed by atoms with van der Waals surface area (Å²) in [4.78, 5) is 41.2. The van der Waals surface area contributed by atoms with Gasteiger partial charge in [-0.1, -0.05) is 0 Å². The molecule has 0 bridgehead atoms. The van der Waals surface area contributed by atoms with E-state index < -0.39 is 0 Å². The second kappa shape index (κ2) is 7.66. The zero-order valence-electron chi connectivity index (χ0n) is 16.9. The van der Waals surface area contributed by atoms with Crippen LogP contribution >= 0.6 is 23.1 Å². The Morgan fingerprint density at radius 2 is 1.97 bits per heavy atom. The van der Waals surface area contributed by atoms with E-state index in [1.807, 2.05) is 0 Å². The minimum atomic E-state index is -0.326. The van der Waals surface area contributed by atoms with Crippen LogP contribution in [0.4, 0.5) is 0 Å². The molecule has 0 atom stereocenters. The van der Waals surface area contributed by atoms with Crippen molar-refractivity contribution < 1.29 is 0 Å². The van der Waals surface area contributed by atoms with E-state index in [4.69, 9.17) is 0 Å². The fourth-order valence-electron chi connectivity index (χ4n) is 4.16. The summed E-state index contributed by atoms with van der Waals surface area (Å²) in [7, 11) is 3.42. The van der Waals surface area contributed by atoms with Gasteiger partial charge in [0.05, 0.1) is 6.33 Å². The molecule has 0 saturated heterocycles. The van der Waals surface area contributed by atoms with Gasteiger partial charge in [-0.3, -0.25) is 13.9 Å². The smallest absolute Gasteiger partial charge is 0.328 e. The van der Waals surface area contributed by atoms with Crippen molar-refractivity contribution in [3.63, 3.8) is 0 Å². The molecule has 10 heteroatoms. The van der Waals surface area contributed by atoms with Crippen LogP contribution in [0.1, 0.15) is 29.7 Å². The first-order chi connectivity index (χ1) is 14.6. The number of imidazole rings is 1. The van der Waals surface area contributed by atoms with Crippen molar-refractivity contribution in [2.24, 2.45) is 14.1 Å². The lowest BCUT2D eigenvalue weighted by Gasteiger charge is -2.11. The highest BCUT2D eigenvalue weighted by molar-refractivity contribution is 7.99. The van der Waals surface area contributed by atoms with Crippen molar-refractivity contribution >= 4 is 44.5 Å². The van der Waals surface area contributed by atoms with Crippen LogP contribution in [0.25, 0.3) is 21.4 Å². The lowest BCUT2D eigenvalue weighted by atomic mass is 9.97. The monoisotopic (exact) mass is 442 g/mol. The van der Waals surface area contributed by atoms with Crippen molar-refractivity contribution in [2.45, 2.75) is 43.7 Å². The van der Waals surface area contributed by atoms with Gasteiger partial charge in [-0.2, -0.15) is 0 Å². The SMILES string of the molecule is Cn1cnc2c1c(=O)n(CCCSc1ncnc3sc4c(c13)CCCC4)c(=O)n2C. The van der Waals surface area contributed by atoms with E-state index >= 15 is 0 Å². The second-order valence-electron chi connectivity index (χ2n) is 7.60. The summed E-state index contributed by atoms with van der Waals surface area (Å²) < 4.78 is 4.42. The third kappa shape index (κ3) is 3.09. The topological polar surface area (TPSA) is 87.6 Å². The fraction of sp³-hybridized carbons (Fsp3) is 0.450. The number of thiophene rings is 1. The van der Waals surface area contributed by atoms with Crippen LogP contribution < -0.4 is 11.2 Å². The molecule has 4 aromatic heterocycles. The lowest BCUT2D eigenvalue weighted by Crippen LogP contribution is -2.39. The first-order valence-corrected chi connectivity index (χ1v) is 11.9. The van der Waals surface area contributed by atoms with Gasteiger partial charge in [-0.15, -0.1) is 23.1 Å². The van der Waals surface area contributed by atoms with Crippen molar-refractivity contribution in [3.05, 3.63) is 43.9 Å². The molecule has 4 heterocycles. The predicted molar refractivity (Wildman–Crippen MR) is 120 cm³/mol. The molecular formula is C20H22N6O2S2. The summed E-state index contributed by atoms with van der Waals surface area (Å²) in [6.45, 7) is 0.371. The highest BCUT2D eigenvalue weighted by atomic mass is 32.2. The van der Waals surface area contributed by atoms with Crippen LogP contribution in [0.5, 0.6) is 0 Å². The number of nitrogens with zero attached hydrogens (tertiary/aromatic N) is 6. The fourth-order valence-corrected chi connectivity index (χ4v) is 6.40. The molecule has 0 aromatic carbocycles. The maximum Gasteiger partial charge on any atom is 0.332 e. The molecule has 0 amide bonds. The lowest BCUT2D eigenvalue weighted by molar-refractivity contribution is 0.594. The van der Waals surface area contributed by atoms with E-state index in [2.05, 4.69) is 15.0 Å². The van der Waals surface area contributed by atoms with E-state index in [0.717, 1.165) is 28.5 Å². The molecule has 8 nitrogen and oxygen atoms in total. The number of rotatable bonds is 5. The second-order valence-corrected chi connectivity index (χ2v) is 9.77. The molecule has 1 aliphatic carbocycles. The number of fused-ring (bicyclic) bond motifs is 4. The number of aryl methyl sites for hydroxylation is 4. The van der Waals surface area contributed by atoms with Crippen molar-refractivity contribution in [2.75, 3.05) is 5.75 Å². The van der Waals surface area contributed by atoms with Gasteiger partial charge in [0.15, 0.2) is 11.2 Å². The minimum absolute atomic E-state index is 0.283. The largest absolute Gasteiger partial charge is 0.332 e. The summed E-state index contributed by atoms with van der Waals surface area (Å²) in [6.07, 6.45) is 8.62. The molecule has 0 spiro atoms. The molecule has 5 rings (SSSR count). The summed E-state index contributed by atoms with van der Waals surface area (Å²) in [5.41, 5.74) is 1.69. The van der Waals surface area contributed by atoms with E-state index in [1.54, 1.807) is 54.4 Å². The minimum Gasteiger partial charge on any atom is -0.328 e. The Kier molecular flexibility index (Phi) is 4.98. The van der Waals surface area contributed by atoms with E-state index in [1.165, 1.54) is 37.8 Å². The summed E-state index contributed by atoms with van der Waals surface area (Å²) >= 11 is 3.48. The maximum absolute atomic E-state index is 12.8. The first kappa shape index (κ1) is 19.5. The predicted octanol–water partition coefficient (Wildman–Crippen LogP) is 2.50. The van der Waals surface area contributed by atoms with E-state index in [-0.39, 0.29) is 11.2 Å². The van der Waals surface area contributed by atoms with Gasteiger partial charge >= 0.3 is 5.69 Å². The van der Waals surface area contributed by atoms with Gasteiger partial charge in [0, 0.05) is 36.7 Å². The average molecular weight is 443 g/mol. The Balaban J connectivity index is 1.37. The molecule has 0 radical (unpaired) electrons. The molecule has 0 saturated carbocycles. The normalized spacial score (nSPS) is 13.9. The molecular weight excluding hydrogens is 420 g/mol. The standard InChI is InChI=1S/C20H22N6O2S2/c1-24-11-23-16-15(24)19(27)26(20(28)25(16)2)8-5-9-29-17-14-12-6-3-4-7-13(12)30-18(14)22-10-21-17/h10-11H,3-9H2,1-2H3. The number of hydrogen-bond donors (Lipinski definition) is 0. The summed E-state index contributed by atoms with van der Waals surface area (Å²) in [5, 5.41) is 2.23. The van der Waals surface area contributed by atoms with Gasteiger partial charge in [-0.25, -0.2) is 19.7 Å². The van der Waals surface area contributed by atoms with Crippen molar-refractivity contribution in [1.82, 2.24) is 28.7 Å². The van der Waals surface area contributed by atoms with Gasteiger partial charge < -0.3 is 4.57 Å². The Morgan fingerprint density at radius 1 is 1.13 bits per heavy atom. The Morgan fingerprint density at radius 3 is 2.83 bits per heavy atom. The zero-order valence-corrected chi connectivity index (χ0v) is 18.6. The Labute approximate surface area is 180 Å².